The number of hydrogen-bond acceptors (Lipinski definition) is 5. The van der Waals surface area contributed by atoms with E-state index < -0.39 is 10.9 Å². The van der Waals surface area contributed by atoms with Gasteiger partial charge in [0, 0.05) is 5.56 Å². The fourth-order valence-corrected chi connectivity index (χ4v) is 1.65. The van der Waals surface area contributed by atoms with Crippen LogP contribution in [0.15, 0.2) is 24.3 Å². The van der Waals surface area contributed by atoms with Gasteiger partial charge in [0.15, 0.2) is 11.5 Å². The fraction of sp³-hybridized carbons (Fsp3) is 0.231. The number of ketones is 1. The molecule has 0 aliphatic rings. The number of carbonyl (C=O) groups is 2. The van der Waals surface area contributed by atoms with Crippen LogP contribution in [-0.2, 0) is 9.59 Å². The Bertz CT molecular complexity index is 480. The Morgan fingerprint density at radius 1 is 1.22 bits per heavy atom. The van der Waals surface area contributed by atoms with E-state index >= 15 is 0 Å². The highest BCUT2D eigenvalue weighted by atomic mass is 32.2. The standard InChI is InChI=1S/C13H14O4S/c1-16-11-6-4-5-9(12(11)17-2)7-8-10(14)13(15)18-3/h4-8H,1-3H3/b8-7+. The van der Waals surface area contributed by atoms with E-state index in [0.717, 1.165) is 11.8 Å². The topological polar surface area (TPSA) is 52.6 Å². The molecule has 1 rings (SSSR count). The molecule has 0 unspecified atom stereocenters. The van der Waals surface area contributed by atoms with Gasteiger partial charge in [-0.15, -0.1) is 0 Å². The number of thioether (sulfide) groups is 1. The average Bonchev–Trinajstić information content (AvgIpc) is 2.42. The summed E-state index contributed by atoms with van der Waals surface area (Å²) in [6.07, 6.45) is 4.34. The molecule has 1 aromatic carbocycles. The van der Waals surface area contributed by atoms with Gasteiger partial charge in [-0.1, -0.05) is 23.9 Å². The van der Waals surface area contributed by atoms with Crippen molar-refractivity contribution in [3.63, 3.8) is 0 Å². The molecule has 4 nitrogen and oxygen atoms in total. The Hall–Kier alpha value is -1.75. The van der Waals surface area contributed by atoms with Crippen LogP contribution in [0.1, 0.15) is 5.56 Å². The monoisotopic (exact) mass is 266 g/mol. The largest absolute Gasteiger partial charge is 0.493 e. The molecule has 0 aliphatic heterocycles. The van der Waals surface area contributed by atoms with E-state index in [1.165, 1.54) is 26.4 Å². The molecule has 18 heavy (non-hydrogen) atoms. The minimum Gasteiger partial charge on any atom is -0.493 e. The van der Waals surface area contributed by atoms with Gasteiger partial charge < -0.3 is 9.47 Å². The van der Waals surface area contributed by atoms with E-state index in [2.05, 4.69) is 0 Å². The molecule has 0 fully saturated rings. The molecule has 0 heterocycles. The zero-order valence-corrected chi connectivity index (χ0v) is 11.2. The second kappa shape index (κ2) is 6.86. The summed E-state index contributed by atoms with van der Waals surface area (Å²) in [5, 5.41) is -0.492. The lowest BCUT2D eigenvalue weighted by molar-refractivity contribution is -0.128. The van der Waals surface area contributed by atoms with E-state index in [9.17, 15) is 9.59 Å². The number of carbonyl (C=O) groups excluding carboxylic acids is 2. The number of para-hydroxylation sites is 1. The normalized spacial score (nSPS) is 10.4. The predicted molar refractivity (Wildman–Crippen MR) is 72.1 cm³/mol. The van der Waals surface area contributed by atoms with Crippen molar-refractivity contribution >= 4 is 28.7 Å². The van der Waals surface area contributed by atoms with Crippen molar-refractivity contribution in [3.05, 3.63) is 29.8 Å². The van der Waals surface area contributed by atoms with Crippen LogP contribution in [-0.4, -0.2) is 31.4 Å². The third-order valence-electron chi connectivity index (χ3n) is 2.23. The summed E-state index contributed by atoms with van der Waals surface area (Å²) in [5.74, 6) is 0.552. The number of rotatable bonds is 5. The van der Waals surface area contributed by atoms with E-state index in [0.29, 0.717) is 17.1 Å². The molecule has 0 aromatic heterocycles. The van der Waals surface area contributed by atoms with E-state index in [-0.39, 0.29) is 0 Å². The van der Waals surface area contributed by atoms with Gasteiger partial charge in [0.05, 0.1) is 14.2 Å². The molecular weight excluding hydrogens is 252 g/mol. The predicted octanol–water partition coefficient (Wildman–Crippen LogP) is 2.18. The van der Waals surface area contributed by atoms with Crippen LogP contribution >= 0.6 is 11.8 Å². The molecular formula is C13H14O4S. The van der Waals surface area contributed by atoms with E-state index in [4.69, 9.17) is 9.47 Å². The van der Waals surface area contributed by atoms with Crippen molar-refractivity contribution < 1.29 is 19.1 Å². The Labute approximate surface area is 110 Å². The summed E-state index contributed by atoms with van der Waals surface area (Å²) in [6, 6.07) is 5.31. The third kappa shape index (κ3) is 3.37. The van der Waals surface area contributed by atoms with Crippen molar-refractivity contribution in [1.29, 1.82) is 0 Å². The van der Waals surface area contributed by atoms with Crippen LogP contribution in [0.5, 0.6) is 11.5 Å². The van der Waals surface area contributed by atoms with Crippen LogP contribution in [0, 0.1) is 0 Å². The summed E-state index contributed by atoms with van der Waals surface area (Å²) in [6.45, 7) is 0. The molecule has 0 saturated heterocycles. The van der Waals surface area contributed by atoms with Crippen molar-refractivity contribution in [2.75, 3.05) is 20.5 Å². The molecule has 0 bridgehead atoms. The average molecular weight is 266 g/mol. The summed E-state index contributed by atoms with van der Waals surface area (Å²) < 4.78 is 10.3. The van der Waals surface area contributed by atoms with Gasteiger partial charge in [-0.05, 0) is 24.5 Å². The lowest BCUT2D eigenvalue weighted by Crippen LogP contribution is -2.04. The first-order chi connectivity index (χ1) is 8.63. The molecule has 0 atom stereocenters. The molecule has 1 aromatic rings. The summed E-state index contributed by atoms with van der Waals surface area (Å²) in [7, 11) is 3.05. The van der Waals surface area contributed by atoms with Gasteiger partial charge in [-0.2, -0.15) is 0 Å². The maximum Gasteiger partial charge on any atom is 0.259 e. The second-order valence-corrected chi connectivity index (χ2v) is 4.05. The first-order valence-corrected chi connectivity index (χ1v) is 6.37. The van der Waals surface area contributed by atoms with E-state index in [1.807, 2.05) is 0 Å². The van der Waals surface area contributed by atoms with Gasteiger partial charge in [0.2, 0.25) is 5.78 Å². The van der Waals surface area contributed by atoms with Crippen LogP contribution < -0.4 is 9.47 Å². The molecule has 0 aliphatic carbocycles. The minimum absolute atomic E-state index is 0.492. The molecule has 0 amide bonds. The molecule has 0 radical (unpaired) electrons. The highest BCUT2D eigenvalue weighted by Gasteiger charge is 2.10. The Morgan fingerprint density at radius 3 is 2.50 bits per heavy atom. The summed E-state index contributed by atoms with van der Waals surface area (Å²) >= 11 is 0.890. The Balaban J connectivity index is 3.01. The van der Waals surface area contributed by atoms with Gasteiger partial charge >= 0.3 is 0 Å². The van der Waals surface area contributed by atoms with E-state index in [1.54, 1.807) is 24.5 Å². The molecule has 0 spiro atoms. The third-order valence-corrected chi connectivity index (χ3v) is 2.81. The van der Waals surface area contributed by atoms with Crippen molar-refractivity contribution in [2.45, 2.75) is 0 Å². The van der Waals surface area contributed by atoms with Crippen molar-refractivity contribution in [2.24, 2.45) is 0 Å². The first-order valence-electron chi connectivity index (χ1n) is 5.15. The van der Waals surface area contributed by atoms with Crippen LogP contribution in [0.25, 0.3) is 6.08 Å². The maximum absolute atomic E-state index is 11.4. The van der Waals surface area contributed by atoms with Crippen LogP contribution in [0.2, 0.25) is 0 Å². The second-order valence-electron chi connectivity index (χ2n) is 3.27. The molecule has 96 valence electrons. The smallest absolute Gasteiger partial charge is 0.259 e. The number of hydrogen-bond donors (Lipinski definition) is 0. The number of ether oxygens (including phenoxy) is 2. The molecule has 0 N–H and O–H groups in total. The van der Waals surface area contributed by atoms with Crippen LogP contribution in [0.4, 0.5) is 0 Å². The number of methoxy groups -OCH3 is 2. The minimum atomic E-state index is -0.549. The molecule has 0 saturated carbocycles. The van der Waals surface area contributed by atoms with Gasteiger partial charge in [-0.25, -0.2) is 0 Å². The molecule has 5 heteroatoms. The highest BCUT2D eigenvalue weighted by molar-refractivity contribution is 8.14. The van der Waals surface area contributed by atoms with Crippen molar-refractivity contribution in [1.82, 2.24) is 0 Å². The SMILES string of the molecule is COc1cccc(/C=C/C(=O)C(=O)SC)c1OC. The van der Waals surface area contributed by atoms with Gasteiger partial charge in [0.1, 0.15) is 0 Å². The Morgan fingerprint density at radius 2 is 1.94 bits per heavy atom. The van der Waals surface area contributed by atoms with Gasteiger partial charge in [0.25, 0.3) is 5.12 Å². The van der Waals surface area contributed by atoms with Crippen LogP contribution in [0.3, 0.4) is 0 Å². The lowest BCUT2D eigenvalue weighted by Gasteiger charge is -2.09. The zero-order chi connectivity index (χ0) is 13.5. The maximum atomic E-state index is 11.4. The lowest BCUT2D eigenvalue weighted by atomic mass is 10.1. The quantitative estimate of drug-likeness (QED) is 0.604. The number of allylic oxidation sites excluding steroid dienone is 1. The first kappa shape index (κ1) is 14.3. The van der Waals surface area contributed by atoms with Gasteiger partial charge in [-0.3, -0.25) is 9.59 Å². The summed E-state index contributed by atoms with van der Waals surface area (Å²) in [4.78, 5) is 22.5. The van der Waals surface area contributed by atoms with Crippen molar-refractivity contribution in [3.8, 4) is 11.5 Å². The highest BCUT2D eigenvalue weighted by Crippen LogP contribution is 2.31. The zero-order valence-electron chi connectivity index (χ0n) is 10.4. The fourth-order valence-electron chi connectivity index (χ4n) is 1.38. The summed E-state index contributed by atoms with van der Waals surface area (Å²) in [5.41, 5.74) is 0.680. The number of benzene rings is 1. The Kier molecular flexibility index (Phi) is 5.45.